The molecule has 0 spiro atoms. The molecule has 0 radical (unpaired) electrons. The van der Waals surface area contributed by atoms with Crippen LogP contribution in [-0.4, -0.2) is 5.78 Å². The van der Waals surface area contributed by atoms with Crippen LogP contribution in [0.3, 0.4) is 0 Å². The van der Waals surface area contributed by atoms with Crippen molar-refractivity contribution in [3.63, 3.8) is 0 Å². The fourth-order valence-corrected chi connectivity index (χ4v) is 3.25. The van der Waals surface area contributed by atoms with Gasteiger partial charge in [0.25, 0.3) is 0 Å². The van der Waals surface area contributed by atoms with Gasteiger partial charge >= 0.3 is 0 Å². The molecule has 0 unspecified atom stereocenters. The molecule has 0 N–H and O–H groups in total. The molecule has 2 heteroatoms. The first-order valence-corrected chi connectivity index (χ1v) is 6.43. The fraction of sp³-hybridized carbons (Fsp3) is 0.133. The molecule has 0 aliphatic heterocycles. The number of carbonyl (C=O) groups is 1. The van der Waals surface area contributed by atoms with Crippen LogP contribution in [0.4, 0.5) is 0 Å². The lowest BCUT2D eigenvalue weighted by atomic mass is 10.1. The molecule has 2 aromatic rings. The number of hydrogen-bond acceptors (Lipinski definition) is 2. The Kier molecular flexibility index (Phi) is 2.45. The lowest BCUT2D eigenvalue weighted by Crippen LogP contribution is -1.97. The number of carbonyl (C=O) groups excluding carboxylic acids is 1. The zero-order valence-electron chi connectivity index (χ0n) is 9.40. The van der Waals surface area contributed by atoms with Gasteiger partial charge in [-0.1, -0.05) is 30.9 Å². The SMILES string of the molecule is C=C1C=C(Cc2cc3ccccc3s2)C(=O)C1. The maximum absolute atomic E-state index is 11.7. The number of fused-ring (bicyclic) bond motifs is 1. The van der Waals surface area contributed by atoms with E-state index in [-0.39, 0.29) is 5.78 Å². The average molecular weight is 240 g/mol. The lowest BCUT2D eigenvalue weighted by Gasteiger charge is -1.95. The molecular weight excluding hydrogens is 228 g/mol. The van der Waals surface area contributed by atoms with Gasteiger partial charge in [-0.3, -0.25) is 4.79 Å². The van der Waals surface area contributed by atoms with Gasteiger partial charge < -0.3 is 0 Å². The third kappa shape index (κ3) is 1.96. The fourth-order valence-electron chi connectivity index (χ4n) is 2.16. The minimum atomic E-state index is 0.229. The smallest absolute Gasteiger partial charge is 0.163 e. The highest BCUT2D eigenvalue weighted by atomic mass is 32.1. The summed E-state index contributed by atoms with van der Waals surface area (Å²) >= 11 is 1.76. The summed E-state index contributed by atoms with van der Waals surface area (Å²) in [4.78, 5) is 12.9. The van der Waals surface area contributed by atoms with Crippen LogP contribution in [0.25, 0.3) is 10.1 Å². The highest BCUT2D eigenvalue weighted by molar-refractivity contribution is 7.19. The van der Waals surface area contributed by atoms with Gasteiger partial charge in [-0.15, -0.1) is 11.3 Å². The molecule has 0 atom stereocenters. The number of Topliss-reactive ketones (excluding diaryl/α,β-unsaturated/α-hetero) is 1. The van der Waals surface area contributed by atoms with E-state index in [1.807, 2.05) is 18.2 Å². The summed E-state index contributed by atoms with van der Waals surface area (Å²) in [6, 6.07) is 10.5. The molecule has 1 aromatic heterocycles. The number of benzene rings is 1. The predicted octanol–water partition coefficient (Wildman–Crippen LogP) is 3.90. The maximum Gasteiger partial charge on any atom is 0.163 e. The molecule has 84 valence electrons. The van der Waals surface area contributed by atoms with Crippen molar-refractivity contribution in [1.82, 2.24) is 0 Å². The Hall–Kier alpha value is -1.67. The Balaban J connectivity index is 1.93. The van der Waals surface area contributed by atoms with E-state index in [1.54, 1.807) is 11.3 Å². The first kappa shape index (κ1) is 10.5. The Bertz CT molecular complexity index is 613. The van der Waals surface area contributed by atoms with E-state index in [1.165, 1.54) is 15.0 Å². The highest BCUT2D eigenvalue weighted by Crippen LogP contribution is 2.29. The van der Waals surface area contributed by atoms with E-state index in [4.69, 9.17) is 0 Å². The van der Waals surface area contributed by atoms with E-state index in [2.05, 4.69) is 24.8 Å². The molecule has 0 amide bonds. The van der Waals surface area contributed by atoms with Gasteiger partial charge in [0, 0.05) is 28.0 Å². The van der Waals surface area contributed by atoms with E-state index < -0.39 is 0 Å². The van der Waals surface area contributed by atoms with Crippen molar-refractivity contribution in [3.8, 4) is 0 Å². The van der Waals surface area contributed by atoms with Gasteiger partial charge in [0.05, 0.1) is 0 Å². The van der Waals surface area contributed by atoms with Gasteiger partial charge in [0.15, 0.2) is 5.78 Å². The van der Waals surface area contributed by atoms with Crippen molar-refractivity contribution in [2.75, 3.05) is 0 Å². The zero-order chi connectivity index (χ0) is 11.8. The molecule has 0 saturated carbocycles. The van der Waals surface area contributed by atoms with Crippen molar-refractivity contribution in [2.45, 2.75) is 12.8 Å². The Morgan fingerprint density at radius 3 is 2.82 bits per heavy atom. The highest BCUT2D eigenvalue weighted by Gasteiger charge is 2.18. The van der Waals surface area contributed by atoms with Gasteiger partial charge in [0.1, 0.15) is 0 Å². The third-order valence-corrected chi connectivity index (χ3v) is 4.08. The molecule has 0 fully saturated rings. The molecule has 17 heavy (non-hydrogen) atoms. The van der Waals surface area contributed by atoms with Crippen molar-refractivity contribution in [2.24, 2.45) is 0 Å². The standard InChI is InChI=1S/C15H12OS/c1-10-6-12(14(16)7-10)9-13-8-11-4-2-3-5-15(11)17-13/h2-6,8H,1,7,9H2. The minimum absolute atomic E-state index is 0.229. The predicted molar refractivity (Wildman–Crippen MR) is 72.4 cm³/mol. The lowest BCUT2D eigenvalue weighted by molar-refractivity contribution is -0.114. The molecule has 1 heterocycles. The van der Waals surface area contributed by atoms with Crippen LogP contribution in [0.1, 0.15) is 11.3 Å². The summed E-state index contributed by atoms with van der Waals surface area (Å²) in [6.45, 7) is 3.85. The molecule has 0 bridgehead atoms. The zero-order valence-corrected chi connectivity index (χ0v) is 10.2. The van der Waals surface area contributed by atoms with Crippen molar-refractivity contribution in [1.29, 1.82) is 0 Å². The monoisotopic (exact) mass is 240 g/mol. The second-order valence-electron chi connectivity index (χ2n) is 4.36. The van der Waals surface area contributed by atoms with Crippen LogP contribution >= 0.6 is 11.3 Å². The summed E-state index contributed by atoms with van der Waals surface area (Å²) in [5.41, 5.74) is 1.84. The number of thiophene rings is 1. The molecule has 1 aliphatic rings. The van der Waals surface area contributed by atoms with Crippen LogP contribution < -0.4 is 0 Å². The number of rotatable bonds is 2. The van der Waals surface area contributed by atoms with Crippen LogP contribution in [0.15, 0.2) is 54.1 Å². The quantitative estimate of drug-likeness (QED) is 0.778. The first-order valence-electron chi connectivity index (χ1n) is 5.61. The van der Waals surface area contributed by atoms with Crippen molar-refractivity contribution < 1.29 is 4.79 Å². The van der Waals surface area contributed by atoms with Crippen LogP contribution in [0.5, 0.6) is 0 Å². The van der Waals surface area contributed by atoms with E-state index in [0.717, 1.165) is 17.6 Å². The molecule has 1 aliphatic carbocycles. The molecule has 1 aromatic carbocycles. The number of allylic oxidation sites excluding steroid dienone is 3. The summed E-state index contributed by atoms with van der Waals surface area (Å²) in [7, 11) is 0. The third-order valence-electron chi connectivity index (χ3n) is 2.97. The normalized spacial score (nSPS) is 15.6. The molecule has 0 saturated heterocycles. The van der Waals surface area contributed by atoms with E-state index in [9.17, 15) is 4.79 Å². The van der Waals surface area contributed by atoms with E-state index >= 15 is 0 Å². The molecule has 1 nitrogen and oxygen atoms in total. The minimum Gasteiger partial charge on any atom is -0.294 e. The molecule has 3 rings (SSSR count). The number of hydrogen-bond donors (Lipinski definition) is 0. The maximum atomic E-state index is 11.7. The second-order valence-corrected chi connectivity index (χ2v) is 5.52. The van der Waals surface area contributed by atoms with Gasteiger partial charge in [-0.2, -0.15) is 0 Å². The largest absolute Gasteiger partial charge is 0.294 e. The van der Waals surface area contributed by atoms with Crippen LogP contribution in [-0.2, 0) is 11.2 Å². The van der Waals surface area contributed by atoms with Gasteiger partial charge in [0.2, 0.25) is 0 Å². The Labute approximate surface area is 104 Å². The summed E-state index contributed by atoms with van der Waals surface area (Å²) in [5, 5.41) is 1.26. The van der Waals surface area contributed by atoms with Crippen LogP contribution in [0, 0.1) is 0 Å². The van der Waals surface area contributed by atoms with Gasteiger partial charge in [-0.05, 0) is 23.1 Å². The molecular formula is C15H12OS. The summed E-state index contributed by atoms with van der Waals surface area (Å²) in [5.74, 6) is 0.229. The van der Waals surface area contributed by atoms with Crippen molar-refractivity contribution >= 4 is 27.2 Å². The topological polar surface area (TPSA) is 17.1 Å². The number of ketones is 1. The summed E-state index contributed by atoms with van der Waals surface area (Å²) in [6.07, 6.45) is 3.18. The van der Waals surface area contributed by atoms with Crippen molar-refractivity contribution in [3.05, 3.63) is 59.0 Å². The average Bonchev–Trinajstić information content (AvgIpc) is 2.82. The summed E-state index contributed by atoms with van der Waals surface area (Å²) < 4.78 is 1.28. The first-order chi connectivity index (χ1) is 8.22. The Morgan fingerprint density at radius 2 is 2.12 bits per heavy atom. The van der Waals surface area contributed by atoms with Crippen LogP contribution in [0.2, 0.25) is 0 Å². The second kappa shape index (κ2) is 3.97. The van der Waals surface area contributed by atoms with E-state index in [0.29, 0.717) is 6.42 Å². The van der Waals surface area contributed by atoms with Gasteiger partial charge in [-0.25, -0.2) is 0 Å². The Morgan fingerprint density at radius 1 is 1.29 bits per heavy atom.